The van der Waals surface area contributed by atoms with Gasteiger partial charge in [0.2, 0.25) is 0 Å². The fraction of sp³-hybridized carbons (Fsp3) is 0.200. The number of rotatable bonds is 3. The van der Waals surface area contributed by atoms with Crippen molar-refractivity contribution in [2.75, 3.05) is 0 Å². The molecule has 4 heteroatoms. The lowest BCUT2D eigenvalue weighted by molar-refractivity contribution is 0.736. The van der Waals surface area contributed by atoms with Crippen LogP contribution in [0.5, 0.6) is 0 Å². The molecule has 1 aromatic carbocycles. The van der Waals surface area contributed by atoms with Crippen molar-refractivity contribution in [1.29, 1.82) is 0 Å². The molecule has 0 amide bonds. The summed E-state index contributed by atoms with van der Waals surface area (Å²) in [5.74, 6) is 0.860. The van der Waals surface area contributed by atoms with E-state index in [1.54, 1.807) is 6.20 Å². The third kappa shape index (κ3) is 2.34. The number of imidazole rings is 1. The first-order chi connectivity index (χ1) is 9.25. The van der Waals surface area contributed by atoms with Crippen LogP contribution in [0.4, 0.5) is 0 Å². The number of fused-ring (bicyclic) bond motifs is 1. The number of benzene rings is 1. The minimum absolute atomic E-state index is 0.141. The van der Waals surface area contributed by atoms with Crippen molar-refractivity contribution in [2.45, 2.75) is 18.8 Å². The van der Waals surface area contributed by atoms with E-state index in [0.29, 0.717) is 0 Å². The van der Waals surface area contributed by atoms with Crippen LogP contribution in [0, 0.1) is 0 Å². The van der Waals surface area contributed by atoms with Crippen molar-refractivity contribution in [1.82, 2.24) is 14.5 Å². The minimum atomic E-state index is -0.141. The quantitative estimate of drug-likeness (QED) is 0.679. The predicted molar refractivity (Wildman–Crippen MR) is 77.3 cm³/mol. The van der Waals surface area contributed by atoms with Crippen LogP contribution in [0.1, 0.15) is 23.7 Å². The molecule has 3 rings (SSSR count). The Labute approximate surface area is 116 Å². The lowest BCUT2D eigenvalue weighted by Crippen LogP contribution is -2.06. The topological polar surface area (TPSA) is 30.7 Å². The summed E-state index contributed by atoms with van der Waals surface area (Å²) in [7, 11) is 0. The molecule has 3 nitrogen and oxygen atoms in total. The summed E-state index contributed by atoms with van der Waals surface area (Å²) in [6, 6.07) is 14.1. The normalized spacial score (nSPS) is 12.7. The average molecular weight is 272 g/mol. The Morgan fingerprint density at radius 3 is 2.68 bits per heavy atom. The molecule has 0 spiro atoms. The van der Waals surface area contributed by atoms with E-state index >= 15 is 0 Å². The van der Waals surface area contributed by atoms with E-state index in [-0.39, 0.29) is 5.38 Å². The lowest BCUT2D eigenvalue weighted by Gasteiger charge is -2.09. The highest BCUT2D eigenvalue weighted by molar-refractivity contribution is 6.20. The first-order valence-corrected chi connectivity index (χ1v) is 6.68. The van der Waals surface area contributed by atoms with Crippen LogP contribution in [0.15, 0.2) is 48.7 Å². The fourth-order valence-corrected chi connectivity index (χ4v) is 2.37. The van der Waals surface area contributed by atoms with Gasteiger partial charge in [-0.3, -0.25) is 0 Å². The first kappa shape index (κ1) is 12.2. The number of hydrogen-bond acceptors (Lipinski definition) is 2. The number of alkyl halides is 1. The zero-order valence-corrected chi connectivity index (χ0v) is 11.4. The number of nitrogens with zero attached hydrogens (tertiary/aromatic N) is 3. The predicted octanol–water partition coefficient (Wildman–Crippen LogP) is 3.78. The van der Waals surface area contributed by atoms with Crippen molar-refractivity contribution >= 4 is 22.8 Å². The molecule has 2 heterocycles. The van der Waals surface area contributed by atoms with E-state index in [0.717, 1.165) is 23.5 Å². The molecule has 19 heavy (non-hydrogen) atoms. The largest absolute Gasteiger partial charge is 0.307 e. The van der Waals surface area contributed by atoms with Gasteiger partial charge in [0.05, 0.1) is 11.9 Å². The Morgan fingerprint density at radius 2 is 1.95 bits per heavy atom. The van der Waals surface area contributed by atoms with Crippen LogP contribution in [0.2, 0.25) is 0 Å². The number of aromatic nitrogens is 3. The Kier molecular flexibility index (Phi) is 3.22. The molecule has 0 fully saturated rings. The van der Waals surface area contributed by atoms with Gasteiger partial charge in [-0.1, -0.05) is 30.3 Å². The zero-order valence-electron chi connectivity index (χ0n) is 10.6. The van der Waals surface area contributed by atoms with E-state index in [9.17, 15) is 0 Å². The van der Waals surface area contributed by atoms with Gasteiger partial charge in [-0.05, 0) is 24.6 Å². The maximum atomic E-state index is 6.23. The highest BCUT2D eigenvalue weighted by Crippen LogP contribution is 2.24. The van der Waals surface area contributed by atoms with Gasteiger partial charge in [0.25, 0.3) is 0 Å². The van der Waals surface area contributed by atoms with Crippen molar-refractivity contribution in [2.24, 2.45) is 0 Å². The van der Waals surface area contributed by atoms with Crippen LogP contribution >= 0.6 is 11.6 Å². The second-order valence-electron chi connectivity index (χ2n) is 4.50. The van der Waals surface area contributed by atoms with Crippen LogP contribution < -0.4 is 0 Å². The Bertz CT molecular complexity index is 689. The van der Waals surface area contributed by atoms with Gasteiger partial charge in [0.15, 0.2) is 5.65 Å². The van der Waals surface area contributed by atoms with Crippen LogP contribution in [-0.4, -0.2) is 14.5 Å². The zero-order chi connectivity index (χ0) is 13.2. The van der Waals surface area contributed by atoms with Gasteiger partial charge in [-0.2, -0.15) is 0 Å². The monoisotopic (exact) mass is 271 g/mol. The molecule has 0 saturated carbocycles. The fourth-order valence-electron chi connectivity index (χ4n) is 2.20. The van der Waals surface area contributed by atoms with Crippen molar-refractivity contribution in [3.8, 4) is 0 Å². The molecule has 0 bridgehead atoms. The smallest absolute Gasteiger partial charge is 0.160 e. The van der Waals surface area contributed by atoms with Crippen molar-refractivity contribution in [3.05, 3.63) is 60.0 Å². The Morgan fingerprint density at radius 1 is 1.16 bits per heavy atom. The molecule has 0 aliphatic heterocycles. The average Bonchev–Trinajstić information content (AvgIpc) is 2.79. The molecular weight excluding hydrogens is 258 g/mol. The number of hydrogen-bond donors (Lipinski definition) is 0. The molecular formula is C15H14ClN3. The summed E-state index contributed by atoms with van der Waals surface area (Å²) in [4.78, 5) is 9.00. The first-order valence-electron chi connectivity index (χ1n) is 6.25. The van der Waals surface area contributed by atoms with Crippen molar-refractivity contribution in [3.63, 3.8) is 0 Å². The summed E-state index contributed by atoms with van der Waals surface area (Å²) in [6.07, 6.45) is 1.79. The maximum absolute atomic E-state index is 6.23. The van der Waals surface area contributed by atoms with E-state index < -0.39 is 0 Å². The van der Waals surface area contributed by atoms with Gasteiger partial charge >= 0.3 is 0 Å². The second-order valence-corrected chi connectivity index (χ2v) is 5.16. The molecule has 0 N–H and O–H groups in total. The molecule has 0 saturated heterocycles. The summed E-state index contributed by atoms with van der Waals surface area (Å²) >= 11 is 6.23. The van der Waals surface area contributed by atoms with E-state index in [1.165, 1.54) is 5.56 Å². The van der Waals surface area contributed by atoms with Crippen LogP contribution in [0.3, 0.4) is 0 Å². The standard InChI is InChI=1S/C15H14ClN3/c1-11(16)14-18-13-8-5-9-17-15(13)19(14)10-12-6-3-2-4-7-12/h2-9,11H,10H2,1H3. The number of halogens is 1. The molecule has 3 aromatic rings. The SMILES string of the molecule is CC(Cl)c1nc2cccnc2n1Cc1ccccc1. The molecule has 96 valence electrons. The molecule has 1 unspecified atom stereocenters. The Balaban J connectivity index is 2.12. The summed E-state index contributed by atoms with van der Waals surface area (Å²) in [5, 5.41) is -0.141. The van der Waals surface area contributed by atoms with Gasteiger partial charge in [-0.15, -0.1) is 11.6 Å². The highest BCUT2D eigenvalue weighted by Gasteiger charge is 2.15. The minimum Gasteiger partial charge on any atom is -0.307 e. The van der Waals surface area contributed by atoms with E-state index in [1.807, 2.05) is 37.3 Å². The van der Waals surface area contributed by atoms with Gasteiger partial charge < -0.3 is 4.57 Å². The molecule has 0 aliphatic rings. The lowest BCUT2D eigenvalue weighted by atomic mass is 10.2. The number of pyridine rings is 1. The summed E-state index contributed by atoms with van der Waals surface area (Å²) < 4.78 is 2.09. The maximum Gasteiger partial charge on any atom is 0.160 e. The molecule has 1 atom stereocenters. The molecule has 2 aromatic heterocycles. The van der Waals surface area contributed by atoms with E-state index in [2.05, 4.69) is 26.7 Å². The highest BCUT2D eigenvalue weighted by atomic mass is 35.5. The second kappa shape index (κ2) is 5.02. The van der Waals surface area contributed by atoms with Gasteiger partial charge in [0.1, 0.15) is 11.3 Å². The summed E-state index contributed by atoms with van der Waals surface area (Å²) in [6.45, 7) is 2.67. The van der Waals surface area contributed by atoms with Gasteiger partial charge in [0, 0.05) is 6.20 Å². The third-order valence-electron chi connectivity index (χ3n) is 3.07. The van der Waals surface area contributed by atoms with Crippen molar-refractivity contribution < 1.29 is 0 Å². The Hall–Kier alpha value is -1.87. The van der Waals surface area contributed by atoms with Crippen LogP contribution in [0.25, 0.3) is 11.2 Å². The van der Waals surface area contributed by atoms with E-state index in [4.69, 9.17) is 11.6 Å². The molecule has 0 aliphatic carbocycles. The molecule has 0 radical (unpaired) electrons. The van der Waals surface area contributed by atoms with Gasteiger partial charge in [-0.25, -0.2) is 9.97 Å². The summed E-state index contributed by atoms with van der Waals surface area (Å²) in [5.41, 5.74) is 2.99. The third-order valence-corrected chi connectivity index (χ3v) is 3.27. The van der Waals surface area contributed by atoms with Crippen LogP contribution in [-0.2, 0) is 6.54 Å².